The van der Waals surface area contributed by atoms with Crippen LogP contribution in [-0.2, 0) is 11.2 Å². The van der Waals surface area contributed by atoms with Gasteiger partial charge in [0.15, 0.2) is 0 Å². The molecule has 1 N–H and O–H groups in total. The number of nitrogens with one attached hydrogen (secondary N) is 1. The van der Waals surface area contributed by atoms with Crippen LogP contribution in [0.2, 0.25) is 0 Å². The second-order valence-corrected chi connectivity index (χ2v) is 6.11. The zero-order valence-corrected chi connectivity index (χ0v) is 12.3. The molecule has 2 aliphatic heterocycles. The van der Waals surface area contributed by atoms with Gasteiger partial charge < -0.3 is 10.2 Å². The SMILES string of the molecule is Cc1ccc2c(c1)CCCN2C(=O)CCC1CCCN1. The third-order valence-electron chi connectivity index (χ3n) is 4.52. The zero-order valence-electron chi connectivity index (χ0n) is 12.3. The Bertz CT molecular complexity index is 492. The largest absolute Gasteiger partial charge is 0.314 e. The van der Waals surface area contributed by atoms with Gasteiger partial charge in [-0.1, -0.05) is 17.7 Å². The molecule has 0 saturated carbocycles. The summed E-state index contributed by atoms with van der Waals surface area (Å²) in [6.45, 7) is 4.12. The van der Waals surface area contributed by atoms with Crippen LogP contribution in [-0.4, -0.2) is 25.0 Å². The highest BCUT2D eigenvalue weighted by Crippen LogP contribution is 2.28. The summed E-state index contributed by atoms with van der Waals surface area (Å²) in [7, 11) is 0. The molecule has 1 saturated heterocycles. The molecule has 1 unspecified atom stereocenters. The number of anilines is 1. The predicted octanol–water partition coefficient (Wildman–Crippen LogP) is 2.81. The average Bonchev–Trinajstić information content (AvgIpc) is 2.97. The average molecular weight is 272 g/mol. The Morgan fingerprint density at radius 2 is 2.30 bits per heavy atom. The normalized spacial score (nSPS) is 21.9. The molecule has 108 valence electrons. The van der Waals surface area contributed by atoms with Gasteiger partial charge in [-0.2, -0.15) is 0 Å². The lowest BCUT2D eigenvalue weighted by atomic mass is 9.99. The standard InChI is InChI=1S/C17H24N2O/c1-13-6-8-16-14(12-13)4-3-11-19(16)17(20)9-7-15-5-2-10-18-15/h6,8,12,15,18H,2-5,7,9-11H2,1H3. The number of amides is 1. The fourth-order valence-corrected chi connectivity index (χ4v) is 3.42. The van der Waals surface area contributed by atoms with E-state index in [2.05, 4.69) is 30.4 Å². The predicted molar refractivity (Wildman–Crippen MR) is 82.1 cm³/mol. The smallest absolute Gasteiger partial charge is 0.227 e. The second-order valence-electron chi connectivity index (χ2n) is 6.11. The van der Waals surface area contributed by atoms with E-state index in [1.165, 1.54) is 24.0 Å². The summed E-state index contributed by atoms with van der Waals surface area (Å²) in [4.78, 5) is 14.5. The minimum absolute atomic E-state index is 0.295. The number of nitrogens with zero attached hydrogens (tertiary/aromatic N) is 1. The van der Waals surface area contributed by atoms with Crippen LogP contribution in [0.4, 0.5) is 5.69 Å². The van der Waals surface area contributed by atoms with Crippen molar-refractivity contribution in [1.82, 2.24) is 5.32 Å². The molecule has 0 aromatic heterocycles. The summed E-state index contributed by atoms with van der Waals surface area (Å²) >= 11 is 0. The summed E-state index contributed by atoms with van der Waals surface area (Å²) in [6, 6.07) is 7.02. The molecule has 3 nitrogen and oxygen atoms in total. The van der Waals surface area contributed by atoms with E-state index < -0.39 is 0 Å². The van der Waals surface area contributed by atoms with Crippen LogP contribution in [0.25, 0.3) is 0 Å². The molecule has 1 atom stereocenters. The molecule has 1 fully saturated rings. The van der Waals surface area contributed by atoms with E-state index in [-0.39, 0.29) is 0 Å². The van der Waals surface area contributed by atoms with E-state index in [1.807, 2.05) is 4.90 Å². The molecule has 0 radical (unpaired) electrons. The highest BCUT2D eigenvalue weighted by Gasteiger charge is 2.23. The second kappa shape index (κ2) is 5.96. The molecule has 2 aliphatic rings. The maximum Gasteiger partial charge on any atom is 0.227 e. The molecule has 1 aromatic rings. The van der Waals surface area contributed by atoms with Crippen LogP contribution >= 0.6 is 0 Å². The maximum absolute atomic E-state index is 12.5. The van der Waals surface area contributed by atoms with Crippen molar-refractivity contribution in [3.8, 4) is 0 Å². The number of carbonyl (C=O) groups is 1. The summed E-state index contributed by atoms with van der Waals surface area (Å²) in [5.74, 6) is 0.295. The van der Waals surface area contributed by atoms with Gasteiger partial charge in [0.25, 0.3) is 0 Å². The van der Waals surface area contributed by atoms with Crippen LogP contribution in [0, 0.1) is 6.92 Å². The van der Waals surface area contributed by atoms with Gasteiger partial charge in [0.05, 0.1) is 0 Å². The number of fused-ring (bicyclic) bond motifs is 1. The van der Waals surface area contributed by atoms with Crippen molar-refractivity contribution >= 4 is 11.6 Å². The molecule has 0 aliphatic carbocycles. The van der Waals surface area contributed by atoms with Crippen molar-refractivity contribution < 1.29 is 4.79 Å². The first-order chi connectivity index (χ1) is 9.74. The third-order valence-corrected chi connectivity index (χ3v) is 4.52. The van der Waals surface area contributed by atoms with Crippen LogP contribution in [0.5, 0.6) is 0 Å². The molecular weight excluding hydrogens is 248 g/mol. The van der Waals surface area contributed by atoms with E-state index in [0.717, 1.165) is 38.0 Å². The lowest BCUT2D eigenvalue weighted by molar-refractivity contribution is -0.118. The van der Waals surface area contributed by atoms with Gasteiger partial charge in [0.2, 0.25) is 5.91 Å². The topological polar surface area (TPSA) is 32.3 Å². The Morgan fingerprint density at radius 1 is 1.40 bits per heavy atom. The van der Waals surface area contributed by atoms with Gasteiger partial charge in [-0.25, -0.2) is 0 Å². The maximum atomic E-state index is 12.5. The Labute approximate surface area is 121 Å². The van der Waals surface area contributed by atoms with Gasteiger partial charge >= 0.3 is 0 Å². The van der Waals surface area contributed by atoms with Crippen LogP contribution in [0.3, 0.4) is 0 Å². The molecule has 3 rings (SSSR count). The molecule has 1 amide bonds. The van der Waals surface area contributed by atoms with Gasteiger partial charge in [0, 0.05) is 24.7 Å². The van der Waals surface area contributed by atoms with Gasteiger partial charge in [-0.05, 0) is 57.2 Å². The van der Waals surface area contributed by atoms with Crippen LogP contribution < -0.4 is 10.2 Å². The highest BCUT2D eigenvalue weighted by molar-refractivity contribution is 5.94. The first-order valence-electron chi connectivity index (χ1n) is 7.87. The number of aryl methyl sites for hydroxylation is 2. The Kier molecular flexibility index (Phi) is 4.06. The summed E-state index contributed by atoms with van der Waals surface area (Å²) in [6.07, 6.45) is 6.32. The quantitative estimate of drug-likeness (QED) is 0.917. The van der Waals surface area contributed by atoms with E-state index in [9.17, 15) is 4.79 Å². The van der Waals surface area contributed by atoms with Crippen molar-refractivity contribution in [3.63, 3.8) is 0 Å². The Morgan fingerprint density at radius 3 is 3.10 bits per heavy atom. The number of carbonyl (C=O) groups excluding carboxylic acids is 1. The van der Waals surface area contributed by atoms with Crippen molar-refractivity contribution in [3.05, 3.63) is 29.3 Å². The van der Waals surface area contributed by atoms with Crippen molar-refractivity contribution in [2.45, 2.75) is 51.5 Å². The first-order valence-corrected chi connectivity index (χ1v) is 7.87. The summed E-state index contributed by atoms with van der Waals surface area (Å²) in [5, 5.41) is 3.47. The molecule has 20 heavy (non-hydrogen) atoms. The minimum atomic E-state index is 0.295. The lowest BCUT2D eigenvalue weighted by Crippen LogP contribution is -2.36. The van der Waals surface area contributed by atoms with Crippen molar-refractivity contribution in [2.24, 2.45) is 0 Å². The number of hydrogen-bond acceptors (Lipinski definition) is 2. The summed E-state index contributed by atoms with van der Waals surface area (Å²) < 4.78 is 0. The number of benzene rings is 1. The molecule has 2 heterocycles. The van der Waals surface area contributed by atoms with Crippen LogP contribution in [0.1, 0.15) is 43.2 Å². The first kappa shape index (κ1) is 13.6. The van der Waals surface area contributed by atoms with E-state index in [4.69, 9.17) is 0 Å². The van der Waals surface area contributed by atoms with Crippen molar-refractivity contribution in [2.75, 3.05) is 18.0 Å². The monoisotopic (exact) mass is 272 g/mol. The van der Waals surface area contributed by atoms with Crippen LogP contribution in [0.15, 0.2) is 18.2 Å². The van der Waals surface area contributed by atoms with Gasteiger partial charge in [-0.3, -0.25) is 4.79 Å². The molecule has 0 spiro atoms. The summed E-state index contributed by atoms with van der Waals surface area (Å²) in [5.41, 5.74) is 3.77. The number of hydrogen-bond donors (Lipinski definition) is 1. The number of rotatable bonds is 3. The van der Waals surface area contributed by atoms with Gasteiger partial charge in [-0.15, -0.1) is 0 Å². The highest BCUT2D eigenvalue weighted by atomic mass is 16.2. The Balaban J connectivity index is 1.66. The minimum Gasteiger partial charge on any atom is -0.314 e. The fraction of sp³-hybridized carbons (Fsp3) is 0.588. The van der Waals surface area contributed by atoms with E-state index in [1.54, 1.807) is 0 Å². The third kappa shape index (κ3) is 2.88. The van der Waals surface area contributed by atoms with E-state index in [0.29, 0.717) is 18.4 Å². The molecular formula is C17H24N2O. The molecule has 1 aromatic carbocycles. The van der Waals surface area contributed by atoms with Gasteiger partial charge in [0.1, 0.15) is 0 Å². The van der Waals surface area contributed by atoms with Crippen molar-refractivity contribution in [1.29, 1.82) is 0 Å². The molecule has 0 bridgehead atoms. The fourth-order valence-electron chi connectivity index (χ4n) is 3.42. The van der Waals surface area contributed by atoms with E-state index >= 15 is 0 Å². The lowest BCUT2D eigenvalue weighted by Gasteiger charge is -2.30. The zero-order chi connectivity index (χ0) is 13.9. The molecule has 3 heteroatoms. The Hall–Kier alpha value is -1.35.